The minimum atomic E-state index is -0.457. The maximum atomic E-state index is 10.6. The zero-order valence-electron chi connectivity index (χ0n) is 13.1. The molecule has 110 valence electrons. The predicted molar refractivity (Wildman–Crippen MR) is 82.9 cm³/mol. The zero-order valence-corrected chi connectivity index (χ0v) is 13.1. The Hall–Kier alpha value is -1.39. The second kappa shape index (κ2) is 5.54. The van der Waals surface area contributed by atoms with Crippen molar-refractivity contribution in [2.24, 2.45) is 0 Å². The van der Waals surface area contributed by atoms with Crippen molar-refractivity contribution in [3.05, 3.63) is 30.0 Å². The summed E-state index contributed by atoms with van der Waals surface area (Å²) in [6.45, 7) is 7.03. The van der Waals surface area contributed by atoms with Gasteiger partial charge in [0.15, 0.2) is 0 Å². The fourth-order valence-electron chi connectivity index (χ4n) is 2.32. The van der Waals surface area contributed by atoms with Crippen LogP contribution in [-0.2, 0) is 13.0 Å². The van der Waals surface area contributed by atoms with E-state index in [0.717, 1.165) is 23.1 Å². The smallest absolute Gasteiger partial charge is 0.0774 e. The Kier molecular flexibility index (Phi) is 4.16. The molecule has 1 aromatic carbocycles. The number of nitrogens with zero attached hydrogens (tertiary/aromatic N) is 3. The molecule has 0 fully saturated rings. The highest BCUT2D eigenvalue weighted by molar-refractivity contribution is 5.82. The van der Waals surface area contributed by atoms with Crippen LogP contribution in [0.5, 0.6) is 0 Å². The first kappa shape index (κ1) is 15.0. The van der Waals surface area contributed by atoms with E-state index in [9.17, 15) is 5.11 Å². The Morgan fingerprint density at radius 1 is 1.30 bits per heavy atom. The summed E-state index contributed by atoms with van der Waals surface area (Å²) in [6, 6.07) is 8.22. The van der Waals surface area contributed by atoms with E-state index in [2.05, 4.69) is 42.9 Å². The van der Waals surface area contributed by atoms with Crippen LogP contribution in [0.25, 0.3) is 10.9 Å². The van der Waals surface area contributed by atoms with E-state index in [1.54, 1.807) is 0 Å². The van der Waals surface area contributed by atoms with E-state index in [0.29, 0.717) is 6.42 Å². The Labute approximate surface area is 121 Å². The number of para-hydroxylation sites is 1. The molecule has 1 atom stereocenters. The van der Waals surface area contributed by atoms with Crippen LogP contribution in [0.1, 0.15) is 26.5 Å². The van der Waals surface area contributed by atoms with E-state index in [-0.39, 0.29) is 5.54 Å². The molecule has 1 aromatic heterocycles. The van der Waals surface area contributed by atoms with E-state index >= 15 is 0 Å². The molecule has 20 heavy (non-hydrogen) atoms. The molecule has 0 spiro atoms. The Bertz CT molecular complexity index is 586. The van der Waals surface area contributed by atoms with Crippen LogP contribution in [0, 0.1) is 0 Å². The van der Waals surface area contributed by atoms with Crippen molar-refractivity contribution >= 4 is 10.9 Å². The number of benzene rings is 1. The first-order valence-corrected chi connectivity index (χ1v) is 7.17. The number of aliphatic hydroxyl groups excluding tert-OH is 1. The van der Waals surface area contributed by atoms with Crippen LogP contribution < -0.4 is 0 Å². The van der Waals surface area contributed by atoms with E-state index < -0.39 is 6.10 Å². The van der Waals surface area contributed by atoms with Crippen molar-refractivity contribution in [3.63, 3.8) is 0 Å². The lowest BCUT2D eigenvalue weighted by Crippen LogP contribution is -2.49. The van der Waals surface area contributed by atoms with Gasteiger partial charge in [-0.3, -0.25) is 4.68 Å². The van der Waals surface area contributed by atoms with Crippen molar-refractivity contribution in [3.8, 4) is 0 Å². The van der Waals surface area contributed by atoms with Gasteiger partial charge in [0.05, 0.1) is 17.3 Å². The normalized spacial score (nSPS) is 14.2. The molecular weight excluding hydrogens is 250 g/mol. The van der Waals surface area contributed by atoms with Crippen LogP contribution in [0.4, 0.5) is 0 Å². The number of aryl methyl sites for hydroxylation is 1. The molecule has 1 N–H and O–H groups in total. The molecule has 2 rings (SSSR count). The summed E-state index contributed by atoms with van der Waals surface area (Å²) in [5.74, 6) is 0. The summed E-state index contributed by atoms with van der Waals surface area (Å²) in [7, 11) is 3.98. The van der Waals surface area contributed by atoms with Gasteiger partial charge in [0.25, 0.3) is 0 Å². The lowest BCUT2D eigenvalue weighted by atomic mass is 9.92. The van der Waals surface area contributed by atoms with E-state index in [1.807, 2.05) is 30.9 Å². The van der Waals surface area contributed by atoms with Crippen LogP contribution in [0.15, 0.2) is 24.3 Å². The zero-order chi connectivity index (χ0) is 14.9. The quantitative estimate of drug-likeness (QED) is 0.910. The summed E-state index contributed by atoms with van der Waals surface area (Å²) in [6.07, 6.45) is 0.111. The van der Waals surface area contributed by atoms with Crippen LogP contribution >= 0.6 is 0 Å². The summed E-state index contributed by atoms with van der Waals surface area (Å²) >= 11 is 0. The molecule has 1 heterocycles. The van der Waals surface area contributed by atoms with Gasteiger partial charge in [-0.25, -0.2) is 0 Å². The SMILES string of the molecule is CCn1nc(CC(O)C(C)(C)N(C)C)c2ccccc21. The standard InChI is InChI=1S/C16H25N3O/c1-6-19-14-10-8-7-9-12(14)13(17-19)11-15(20)16(2,3)18(4)5/h7-10,15,20H,6,11H2,1-5H3. The molecule has 0 radical (unpaired) electrons. The highest BCUT2D eigenvalue weighted by Crippen LogP contribution is 2.24. The lowest BCUT2D eigenvalue weighted by Gasteiger charge is -2.36. The lowest BCUT2D eigenvalue weighted by molar-refractivity contribution is 0.0178. The van der Waals surface area contributed by atoms with Crippen molar-refractivity contribution < 1.29 is 5.11 Å². The maximum absolute atomic E-state index is 10.6. The predicted octanol–water partition coefficient (Wildman–Crippen LogP) is 2.30. The first-order valence-electron chi connectivity index (χ1n) is 7.17. The van der Waals surface area contributed by atoms with Crippen molar-refractivity contribution in [2.45, 2.75) is 45.4 Å². The number of hydrogen-bond acceptors (Lipinski definition) is 3. The van der Waals surface area contributed by atoms with Crippen LogP contribution in [0.3, 0.4) is 0 Å². The fourth-order valence-corrected chi connectivity index (χ4v) is 2.32. The van der Waals surface area contributed by atoms with Gasteiger partial charge in [-0.15, -0.1) is 0 Å². The third-order valence-electron chi connectivity index (χ3n) is 4.39. The second-order valence-electron chi connectivity index (χ2n) is 6.05. The fraction of sp³-hybridized carbons (Fsp3) is 0.562. The van der Waals surface area contributed by atoms with Gasteiger partial charge in [0.2, 0.25) is 0 Å². The van der Waals surface area contributed by atoms with Crippen LogP contribution in [-0.4, -0.2) is 45.5 Å². The second-order valence-corrected chi connectivity index (χ2v) is 6.05. The Morgan fingerprint density at radius 3 is 2.55 bits per heavy atom. The number of fused-ring (bicyclic) bond motifs is 1. The first-order chi connectivity index (χ1) is 9.37. The number of aliphatic hydroxyl groups is 1. The molecule has 2 aromatic rings. The third kappa shape index (κ3) is 2.58. The topological polar surface area (TPSA) is 41.3 Å². The molecule has 0 amide bonds. The summed E-state index contributed by atoms with van der Waals surface area (Å²) in [5, 5.41) is 16.4. The maximum Gasteiger partial charge on any atom is 0.0774 e. The molecule has 0 saturated carbocycles. The average Bonchev–Trinajstić information content (AvgIpc) is 2.77. The molecule has 4 heteroatoms. The molecule has 0 aliphatic rings. The van der Waals surface area contributed by atoms with Gasteiger partial charge in [0, 0.05) is 23.9 Å². The van der Waals surface area contributed by atoms with E-state index in [4.69, 9.17) is 0 Å². The van der Waals surface area contributed by atoms with Crippen molar-refractivity contribution in [2.75, 3.05) is 14.1 Å². The van der Waals surface area contributed by atoms with Crippen molar-refractivity contribution in [1.29, 1.82) is 0 Å². The largest absolute Gasteiger partial charge is 0.391 e. The summed E-state index contributed by atoms with van der Waals surface area (Å²) in [4.78, 5) is 2.05. The van der Waals surface area contributed by atoms with Gasteiger partial charge >= 0.3 is 0 Å². The van der Waals surface area contributed by atoms with Gasteiger partial charge in [-0.2, -0.15) is 5.10 Å². The average molecular weight is 275 g/mol. The molecule has 0 bridgehead atoms. The minimum Gasteiger partial charge on any atom is -0.391 e. The summed E-state index contributed by atoms with van der Waals surface area (Å²) in [5.41, 5.74) is 1.83. The highest BCUT2D eigenvalue weighted by atomic mass is 16.3. The molecular formula is C16H25N3O. The minimum absolute atomic E-state index is 0.281. The highest BCUT2D eigenvalue weighted by Gasteiger charge is 2.31. The third-order valence-corrected chi connectivity index (χ3v) is 4.39. The molecule has 0 saturated heterocycles. The summed E-state index contributed by atoms with van der Waals surface area (Å²) < 4.78 is 2.00. The molecule has 0 aliphatic carbocycles. The molecule has 4 nitrogen and oxygen atoms in total. The number of aromatic nitrogens is 2. The number of rotatable bonds is 5. The molecule has 0 aliphatic heterocycles. The number of likely N-dealkylation sites (N-methyl/N-ethyl adjacent to an activating group) is 1. The Morgan fingerprint density at radius 2 is 1.95 bits per heavy atom. The monoisotopic (exact) mass is 275 g/mol. The van der Waals surface area contributed by atoms with Crippen LogP contribution in [0.2, 0.25) is 0 Å². The number of hydrogen-bond donors (Lipinski definition) is 1. The Balaban J connectivity index is 2.35. The van der Waals surface area contributed by atoms with E-state index in [1.165, 1.54) is 0 Å². The molecule has 1 unspecified atom stereocenters. The van der Waals surface area contributed by atoms with Crippen molar-refractivity contribution in [1.82, 2.24) is 14.7 Å². The van der Waals surface area contributed by atoms with Gasteiger partial charge in [-0.05, 0) is 40.9 Å². The van der Waals surface area contributed by atoms with Gasteiger partial charge < -0.3 is 10.0 Å². The van der Waals surface area contributed by atoms with Gasteiger partial charge in [0.1, 0.15) is 0 Å². The van der Waals surface area contributed by atoms with Gasteiger partial charge in [-0.1, -0.05) is 18.2 Å².